The molecular formula is C11H12N2O3. The third-order valence-electron chi connectivity index (χ3n) is 2.49. The Balaban J connectivity index is 2.67. The molecule has 1 aliphatic rings. The number of carbonyl (C=O) groups excluding carboxylic acids is 2. The second kappa shape index (κ2) is 3.59. The second-order valence-corrected chi connectivity index (χ2v) is 3.92. The van der Waals surface area contributed by atoms with Crippen molar-refractivity contribution < 1.29 is 14.3 Å². The van der Waals surface area contributed by atoms with Crippen molar-refractivity contribution >= 4 is 11.8 Å². The van der Waals surface area contributed by atoms with Crippen LogP contribution in [0.4, 0.5) is 0 Å². The first-order chi connectivity index (χ1) is 7.54. The Labute approximate surface area is 92.8 Å². The Hall–Kier alpha value is -1.91. The molecule has 0 bridgehead atoms. The van der Waals surface area contributed by atoms with Gasteiger partial charge in [-0.05, 0) is 12.0 Å². The van der Waals surface area contributed by atoms with Crippen LogP contribution in [0.2, 0.25) is 0 Å². The maximum absolute atomic E-state index is 11.5. The molecule has 0 unspecified atom stereocenters. The second-order valence-electron chi connectivity index (χ2n) is 3.92. The highest BCUT2D eigenvalue weighted by Crippen LogP contribution is 2.27. The van der Waals surface area contributed by atoms with Gasteiger partial charge in [-0.1, -0.05) is 13.8 Å². The molecule has 1 aliphatic heterocycles. The monoisotopic (exact) mass is 220 g/mol. The zero-order valence-electron chi connectivity index (χ0n) is 9.33. The van der Waals surface area contributed by atoms with Crippen molar-refractivity contribution in [3.8, 4) is 5.88 Å². The molecule has 16 heavy (non-hydrogen) atoms. The topological polar surface area (TPSA) is 68.3 Å². The number of carbonyl (C=O) groups is 2. The lowest BCUT2D eigenvalue weighted by Gasteiger charge is -2.09. The number of methoxy groups -OCH3 is 1. The summed E-state index contributed by atoms with van der Waals surface area (Å²) in [4.78, 5) is 27.2. The van der Waals surface area contributed by atoms with E-state index in [2.05, 4.69) is 10.3 Å². The van der Waals surface area contributed by atoms with Crippen molar-refractivity contribution in [2.75, 3.05) is 7.11 Å². The van der Waals surface area contributed by atoms with Crippen LogP contribution in [0, 0.1) is 0 Å². The highest BCUT2D eigenvalue weighted by atomic mass is 16.5. The van der Waals surface area contributed by atoms with E-state index in [-0.39, 0.29) is 23.3 Å². The molecule has 5 nitrogen and oxygen atoms in total. The van der Waals surface area contributed by atoms with E-state index in [9.17, 15) is 9.59 Å². The van der Waals surface area contributed by atoms with Crippen molar-refractivity contribution in [1.82, 2.24) is 10.3 Å². The molecule has 1 aromatic heterocycles. The molecule has 0 saturated carbocycles. The van der Waals surface area contributed by atoms with E-state index < -0.39 is 5.91 Å². The lowest BCUT2D eigenvalue weighted by molar-refractivity contribution is 0.0879. The van der Waals surface area contributed by atoms with Gasteiger partial charge in [0.1, 0.15) is 5.56 Å². The van der Waals surface area contributed by atoms with Crippen LogP contribution in [0.25, 0.3) is 0 Å². The number of hydrogen-bond donors (Lipinski definition) is 1. The predicted molar refractivity (Wildman–Crippen MR) is 56.7 cm³/mol. The van der Waals surface area contributed by atoms with Crippen LogP contribution >= 0.6 is 0 Å². The van der Waals surface area contributed by atoms with E-state index in [4.69, 9.17) is 4.74 Å². The fraction of sp³-hybridized carbons (Fsp3) is 0.364. The Morgan fingerprint density at radius 3 is 2.56 bits per heavy atom. The summed E-state index contributed by atoms with van der Waals surface area (Å²) in [6.07, 6.45) is 0. The summed E-state index contributed by atoms with van der Waals surface area (Å²) in [5, 5.41) is 2.23. The van der Waals surface area contributed by atoms with Crippen LogP contribution < -0.4 is 10.1 Å². The molecule has 0 atom stereocenters. The van der Waals surface area contributed by atoms with E-state index in [1.807, 2.05) is 13.8 Å². The van der Waals surface area contributed by atoms with Crippen molar-refractivity contribution in [3.63, 3.8) is 0 Å². The summed E-state index contributed by atoms with van der Waals surface area (Å²) >= 11 is 0. The lowest BCUT2D eigenvalue weighted by Crippen LogP contribution is -2.20. The molecule has 2 rings (SSSR count). The first kappa shape index (κ1) is 10.6. The van der Waals surface area contributed by atoms with E-state index in [1.165, 1.54) is 7.11 Å². The van der Waals surface area contributed by atoms with Crippen LogP contribution in [-0.4, -0.2) is 23.9 Å². The number of ether oxygens (including phenoxy) is 1. The summed E-state index contributed by atoms with van der Waals surface area (Å²) < 4.78 is 5.04. The lowest BCUT2D eigenvalue weighted by atomic mass is 10.0. The normalized spacial score (nSPS) is 14.0. The minimum absolute atomic E-state index is 0.169. The average Bonchev–Trinajstić information content (AvgIpc) is 2.53. The number of imide groups is 1. The molecule has 0 aliphatic carbocycles. The smallest absolute Gasteiger partial charge is 0.264 e. The van der Waals surface area contributed by atoms with Gasteiger partial charge in [-0.2, -0.15) is 0 Å². The Morgan fingerprint density at radius 2 is 2.00 bits per heavy atom. The molecule has 2 amide bonds. The van der Waals surface area contributed by atoms with Gasteiger partial charge in [0.05, 0.1) is 12.7 Å². The molecule has 2 heterocycles. The molecule has 0 spiro atoms. The Kier molecular flexibility index (Phi) is 2.38. The van der Waals surface area contributed by atoms with Gasteiger partial charge in [-0.15, -0.1) is 0 Å². The molecule has 1 aromatic rings. The maximum Gasteiger partial charge on any atom is 0.264 e. The highest BCUT2D eigenvalue weighted by molar-refractivity contribution is 6.22. The van der Waals surface area contributed by atoms with Gasteiger partial charge in [0.15, 0.2) is 0 Å². The number of fused-ring (bicyclic) bond motifs is 1. The van der Waals surface area contributed by atoms with Crippen LogP contribution in [0.5, 0.6) is 5.88 Å². The first-order valence-electron chi connectivity index (χ1n) is 4.99. The van der Waals surface area contributed by atoms with E-state index in [0.29, 0.717) is 5.56 Å². The zero-order chi connectivity index (χ0) is 11.9. The number of nitrogens with zero attached hydrogens (tertiary/aromatic N) is 1. The SMILES string of the molecule is COc1nc(C(C)C)cc2c1C(=O)NC2=O. The predicted octanol–water partition coefficient (Wildman–Crippen LogP) is 1.10. The summed E-state index contributed by atoms with van der Waals surface area (Å²) in [7, 11) is 1.43. The summed E-state index contributed by atoms with van der Waals surface area (Å²) in [5.41, 5.74) is 1.32. The van der Waals surface area contributed by atoms with Gasteiger partial charge in [0, 0.05) is 5.69 Å². The molecular weight excluding hydrogens is 208 g/mol. The number of nitrogens with one attached hydrogen (secondary N) is 1. The number of amides is 2. The molecule has 0 radical (unpaired) electrons. The summed E-state index contributed by atoms with van der Waals surface area (Å²) in [5.74, 6) is -0.450. The third kappa shape index (κ3) is 1.44. The van der Waals surface area contributed by atoms with Gasteiger partial charge in [0.2, 0.25) is 5.88 Å². The molecule has 0 saturated heterocycles. The standard InChI is InChI=1S/C11H12N2O3/c1-5(2)7-4-6-8(11(12-7)16-3)10(15)13-9(6)14/h4-5H,1-3H3,(H,13,14,15). The number of rotatable bonds is 2. The van der Waals surface area contributed by atoms with Gasteiger partial charge >= 0.3 is 0 Å². The number of hydrogen-bond acceptors (Lipinski definition) is 4. The third-order valence-corrected chi connectivity index (χ3v) is 2.49. The largest absolute Gasteiger partial charge is 0.480 e. The molecule has 0 aromatic carbocycles. The van der Waals surface area contributed by atoms with Gasteiger partial charge in [-0.3, -0.25) is 14.9 Å². The van der Waals surface area contributed by atoms with Gasteiger partial charge in [-0.25, -0.2) is 4.98 Å². The Bertz CT molecular complexity index is 480. The quantitative estimate of drug-likeness (QED) is 0.758. The molecule has 84 valence electrons. The maximum atomic E-state index is 11.5. The highest BCUT2D eigenvalue weighted by Gasteiger charge is 2.32. The molecule has 0 fully saturated rings. The number of pyridine rings is 1. The van der Waals surface area contributed by atoms with Crippen LogP contribution in [0.3, 0.4) is 0 Å². The van der Waals surface area contributed by atoms with Crippen molar-refractivity contribution in [2.24, 2.45) is 0 Å². The van der Waals surface area contributed by atoms with Crippen LogP contribution in [-0.2, 0) is 0 Å². The molecule has 5 heteroatoms. The summed E-state index contributed by atoms with van der Waals surface area (Å²) in [6.45, 7) is 3.92. The fourth-order valence-corrected chi connectivity index (χ4v) is 1.62. The van der Waals surface area contributed by atoms with Crippen LogP contribution in [0.15, 0.2) is 6.07 Å². The van der Waals surface area contributed by atoms with Crippen molar-refractivity contribution in [1.29, 1.82) is 0 Å². The number of aromatic nitrogens is 1. The minimum atomic E-state index is -0.445. The van der Waals surface area contributed by atoms with E-state index in [0.717, 1.165) is 5.69 Å². The Morgan fingerprint density at radius 1 is 1.31 bits per heavy atom. The fourth-order valence-electron chi connectivity index (χ4n) is 1.62. The zero-order valence-corrected chi connectivity index (χ0v) is 9.33. The van der Waals surface area contributed by atoms with Crippen LogP contribution in [0.1, 0.15) is 46.2 Å². The van der Waals surface area contributed by atoms with Gasteiger partial charge < -0.3 is 4.74 Å². The summed E-state index contributed by atoms with van der Waals surface area (Å²) in [6, 6.07) is 1.64. The van der Waals surface area contributed by atoms with E-state index >= 15 is 0 Å². The van der Waals surface area contributed by atoms with Crippen molar-refractivity contribution in [3.05, 3.63) is 22.9 Å². The van der Waals surface area contributed by atoms with Gasteiger partial charge in [0.25, 0.3) is 11.8 Å². The van der Waals surface area contributed by atoms with Crippen molar-refractivity contribution in [2.45, 2.75) is 19.8 Å². The minimum Gasteiger partial charge on any atom is -0.480 e. The molecule has 1 N–H and O–H groups in total. The first-order valence-corrected chi connectivity index (χ1v) is 4.99. The average molecular weight is 220 g/mol. The van der Waals surface area contributed by atoms with E-state index in [1.54, 1.807) is 6.07 Å².